The molecule has 2 aromatic rings. The van der Waals surface area contributed by atoms with E-state index in [4.69, 9.17) is 11.6 Å². The molecule has 0 aliphatic heterocycles. The molecule has 0 saturated heterocycles. The second-order valence-electron chi connectivity index (χ2n) is 3.12. The number of halogens is 1. The largest absolute Gasteiger partial charge is 0.321 e. The number of carbonyl (C=O) groups is 1. The fraction of sp³-hybridized carbons (Fsp3) is 0.222. The zero-order valence-corrected chi connectivity index (χ0v) is 8.85. The van der Waals surface area contributed by atoms with Crippen LogP contribution in [0.1, 0.15) is 16.3 Å². The first kappa shape index (κ1) is 9.92. The Hall–Kier alpha value is -1.62. The Balaban J connectivity index is 2.29. The van der Waals surface area contributed by atoms with Crippen LogP contribution in [0.15, 0.2) is 18.7 Å². The van der Waals surface area contributed by atoms with Crippen LogP contribution in [0.5, 0.6) is 0 Å². The third-order valence-electron chi connectivity index (χ3n) is 2.20. The summed E-state index contributed by atoms with van der Waals surface area (Å²) in [6, 6.07) is 0. The van der Waals surface area contributed by atoms with E-state index in [1.54, 1.807) is 21.7 Å². The lowest BCUT2D eigenvalue weighted by Crippen LogP contribution is -2.07. The van der Waals surface area contributed by atoms with Crippen LogP contribution in [0, 0.1) is 0 Å². The van der Waals surface area contributed by atoms with Gasteiger partial charge in [-0.15, -0.1) is 0 Å². The van der Waals surface area contributed by atoms with Crippen molar-refractivity contribution in [3.63, 3.8) is 0 Å². The van der Waals surface area contributed by atoms with Crippen molar-refractivity contribution in [3.05, 3.63) is 35.4 Å². The van der Waals surface area contributed by atoms with Gasteiger partial charge >= 0.3 is 0 Å². The first-order valence-corrected chi connectivity index (χ1v) is 4.71. The molecule has 0 saturated carbocycles. The average molecular weight is 225 g/mol. The lowest BCUT2D eigenvalue weighted by Gasteiger charge is -2.04. The summed E-state index contributed by atoms with van der Waals surface area (Å²) in [6.45, 7) is 0.483. The molecule has 0 aliphatic rings. The van der Waals surface area contributed by atoms with E-state index in [1.807, 2.05) is 7.05 Å². The molecule has 2 rings (SSSR count). The Labute approximate surface area is 91.3 Å². The van der Waals surface area contributed by atoms with E-state index in [2.05, 4.69) is 9.97 Å². The zero-order chi connectivity index (χ0) is 10.8. The van der Waals surface area contributed by atoms with Crippen LogP contribution in [0.4, 0.5) is 0 Å². The molecule has 6 heteroatoms. The Morgan fingerprint density at radius 1 is 1.53 bits per heavy atom. The maximum absolute atomic E-state index is 10.7. The second-order valence-corrected chi connectivity index (χ2v) is 3.51. The van der Waals surface area contributed by atoms with E-state index >= 15 is 0 Å². The minimum absolute atomic E-state index is 0.483. The van der Waals surface area contributed by atoms with Gasteiger partial charge in [0.2, 0.25) is 0 Å². The normalized spacial score (nSPS) is 10.5. The smallest absolute Gasteiger partial charge is 0.168 e. The van der Waals surface area contributed by atoms with Gasteiger partial charge in [0.1, 0.15) is 16.7 Å². The molecule has 0 bridgehead atoms. The van der Waals surface area contributed by atoms with Crippen LogP contribution in [0.3, 0.4) is 0 Å². The molecule has 15 heavy (non-hydrogen) atoms. The minimum Gasteiger partial charge on any atom is -0.321 e. The maximum atomic E-state index is 10.7. The van der Waals surface area contributed by atoms with E-state index in [-0.39, 0.29) is 0 Å². The molecular formula is C9H9ClN4O. The van der Waals surface area contributed by atoms with Gasteiger partial charge in [-0.3, -0.25) is 4.79 Å². The van der Waals surface area contributed by atoms with Crippen LogP contribution in [-0.2, 0) is 13.6 Å². The number of nitrogens with zero attached hydrogens (tertiary/aromatic N) is 4. The summed E-state index contributed by atoms with van der Waals surface area (Å²) in [5.41, 5.74) is 0.522. The van der Waals surface area contributed by atoms with Gasteiger partial charge in [-0.2, -0.15) is 0 Å². The number of hydrogen-bond acceptors (Lipinski definition) is 3. The van der Waals surface area contributed by atoms with Gasteiger partial charge in [-0.05, 0) is 0 Å². The Bertz CT molecular complexity index is 488. The molecule has 2 aromatic heterocycles. The molecule has 0 spiro atoms. The first-order chi connectivity index (χ1) is 7.22. The Morgan fingerprint density at radius 3 is 2.93 bits per heavy atom. The summed E-state index contributed by atoms with van der Waals surface area (Å²) in [5.74, 6) is 0.779. The zero-order valence-electron chi connectivity index (χ0n) is 8.09. The fourth-order valence-corrected chi connectivity index (χ4v) is 1.43. The predicted molar refractivity (Wildman–Crippen MR) is 54.9 cm³/mol. The van der Waals surface area contributed by atoms with Crippen LogP contribution >= 0.6 is 11.6 Å². The summed E-state index contributed by atoms with van der Waals surface area (Å²) >= 11 is 5.85. The molecule has 0 radical (unpaired) electrons. The Kier molecular flexibility index (Phi) is 2.55. The molecule has 2 heterocycles. The SMILES string of the molecule is Cn1c(Cl)cnc1Cn1cncc1C=O. The highest BCUT2D eigenvalue weighted by Gasteiger charge is 2.07. The van der Waals surface area contributed by atoms with Gasteiger partial charge in [0.15, 0.2) is 6.29 Å². The number of hydrogen-bond donors (Lipinski definition) is 0. The molecule has 0 N–H and O–H groups in total. The van der Waals surface area contributed by atoms with Crippen molar-refractivity contribution in [1.82, 2.24) is 19.1 Å². The molecule has 0 aliphatic carbocycles. The van der Waals surface area contributed by atoms with Crippen molar-refractivity contribution in [1.29, 1.82) is 0 Å². The lowest BCUT2D eigenvalue weighted by molar-refractivity contribution is 0.111. The fourth-order valence-electron chi connectivity index (χ4n) is 1.28. The molecule has 78 valence electrons. The van der Waals surface area contributed by atoms with Gasteiger partial charge in [0.25, 0.3) is 0 Å². The third-order valence-corrected chi connectivity index (χ3v) is 2.56. The van der Waals surface area contributed by atoms with Crippen LogP contribution in [-0.4, -0.2) is 25.4 Å². The minimum atomic E-state index is 0.483. The molecule has 0 aromatic carbocycles. The molecule has 5 nitrogen and oxygen atoms in total. The topological polar surface area (TPSA) is 52.7 Å². The highest BCUT2D eigenvalue weighted by molar-refractivity contribution is 6.29. The number of aldehydes is 1. The summed E-state index contributed by atoms with van der Waals surface area (Å²) in [5, 5.41) is 0.567. The molecule has 0 unspecified atom stereocenters. The molecule has 0 amide bonds. The number of carbonyl (C=O) groups excluding carboxylic acids is 1. The quantitative estimate of drug-likeness (QED) is 0.735. The van der Waals surface area contributed by atoms with Crippen molar-refractivity contribution in [3.8, 4) is 0 Å². The summed E-state index contributed by atoms with van der Waals surface area (Å²) in [4.78, 5) is 18.7. The van der Waals surface area contributed by atoms with Gasteiger partial charge in [-0.1, -0.05) is 11.6 Å². The summed E-state index contributed by atoms with van der Waals surface area (Å²) in [6.07, 6.45) is 5.44. The van der Waals surface area contributed by atoms with Crippen molar-refractivity contribution < 1.29 is 4.79 Å². The molecular weight excluding hydrogens is 216 g/mol. The third kappa shape index (κ3) is 1.78. The van der Waals surface area contributed by atoms with Gasteiger partial charge in [-0.25, -0.2) is 9.97 Å². The number of rotatable bonds is 3. The van der Waals surface area contributed by atoms with Crippen LogP contribution in [0.25, 0.3) is 0 Å². The van der Waals surface area contributed by atoms with E-state index in [9.17, 15) is 4.79 Å². The highest BCUT2D eigenvalue weighted by atomic mass is 35.5. The molecule has 0 atom stereocenters. The molecule has 0 fully saturated rings. The monoisotopic (exact) mass is 224 g/mol. The number of imidazole rings is 2. The average Bonchev–Trinajstić information content (AvgIpc) is 2.80. The maximum Gasteiger partial charge on any atom is 0.168 e. The van der Waals surface area contributed by atoms with Crippen LogP contribution < -0.4 is 0 Å². The lowest BCUT2D eigenvalue weighted by atomic mass is 10.5. The van der Waals surface area contributed by atoms with E-state index < -0.39 is 0 Å². The predicted octanol–water partition coefficient (Wildman–Crippen LogP) is 1.13. The van der Waals surface area contributed by atoms with Crippen molar-refractivity contribution in [2.45, 2.75) is 6.54 Å². The van der Waals surface area contributed by atoms with E-state index in [0.717, 1.165) is 12.1 Å². The standard InChI is InChI=1S/C9H9ClN4O/c1-13-8(10)3-12-9(13)4-14-6-11-2-7(14)5-15/h2-3,5-6H,4H2,1H3. The summed E-state index contributed by atoms with van der Waals surface area (Å²) in [7, 11) is 1.82. The van der Waals surface area contributed by atoms with Crippen molar-refractivity contribution >= 4 is 17.9 Å². The van der Waals surface area contributed by atoms with E-state index in [1.165, 1.54) is 6.20 Å². The van der Waals surface area contributed by atoms with Gasteiger partial charge in [0, 0.05) is 7.05 Å². The van der Waals surface area contributed by atoms with Gasteiger partial charge < -0.3 is 9.13 Å². The second kappa shape index (κ2) is 3.86. The first-order valence-electron chi connectivity index (χ1n) is 4.33. The van der Waals surface area contributed by atoms with E-state index in [0.29, 0.717) is 17.4 Å². The Morgan fingerprint density at radius 2 is 2.33 bits per heavy atom. The highest BCUT2D eigenvalue weighted by Crippen LogP contribution is 2.10. The summed E-state index contributed by atoms with van der Waals surface area (Å²) < 4.78 is 3.47. The van der Waals surface area contributed by atoms with Gasteiger partial charge in [0.05, 0.1) is 25.3 Å². The number of aromatic nitrogens is 4. The van der Waals surface area contributed by atoms with Crippen LogP contribution in [0.2, 0.25) is 5.15 Å². The van der Waals surface area contributed by atoms with Crippen molar-refractivity contribution in [2.24, 2.45) is 7.05 Å². The van der Waals surface area contributed by atoms with Crippen molar-refractivity contribution in [2.75, 3.05) is 0 Å².